The summed E-state index contributed by atoms with van der Waals surface area (Å²) in [5, 5.41) is 28.2. The van der Waals surface area contributed by atoms with E-state index in [1.165, 1.54) is 0 Å². The molecule has 9 heteroatoms. The zero-order valence-electron chi connectivity index (χ0n) is 11.7. The highest BCUT2D eigenvalue weighted by molar-refractivity contribution is 5.82. The van der Waals surface area contributed by atoms with Gasteiger partial charge in [0.2, 0.25) is 6.10 Å². The number of hydrogen-bond donors (Lipinski definition) is 4. The molecule has 1 amide bonds. The second kappa shape index (κ2) is 8.77. The molecular weight excluding hydrogens is 286 g/mol. The van der Waals surface area contributed by atoms with Crippen molar-refractivity contribution in [3.63, 3.8) is 0 Å². The molecule has 0 aromatic rings. The summed E-state index contributed by atoms with van der Waals surface area (Å²) in [5.41, 5.74) is 0. The summed E-state index contributed by atoms with van der Waals surface area (Å²) in [5.74, 6) is -4.01. The van der Waals surface area contributed by atoms with Crippen LogP contribution in [0.4, 0.5) is 4.79 Å². The van der Waals surface area contributed by atoms with Gasteiger partial charge in [0, 0.05) is 6.42 Å². The molecule has 0 spiro atoms. The summed E-state index contributed by atoms with van der Waals surface area (Å²) < 4.78 is 4.65. The Balaban J connectivity index is 4.56. The Hall–Kier alpha value is -2.32. The fourth-order valence-corrected chi connectivity index (χ4v) is 1.46. The van der Waals surface area contributed by atoms with Crippen LogP contribution in [0.25, 0.3) is 0 Å². The van der Waals surface area contributed by atoms with Crippen molar-refractivity contribution in [2.45, 2.75) is 45.3 Å². The zero-order valence-corrected chi connectivity index (χ0v) is 11.7. The lowest BCUT2D eigenvalue weighted by Gasteiger charge is -2.18. The number of amides is 1. The molecule has 0 fully saturated rings. The van der Waals surface area contributed by atoms with E-state index in [0.29, 0.717) is 0 Å². The third-order valence-corrected chi connectivity index (χ3v) is 2.45. The first-order valence-electron chi connectivity index (χ1n) is 6.28. The lowest BCUT2D eigenvalue weighted by molar-refractivity contribution is -0.147. The van der Waals surface area contributed by atoms with Gasteiger partial charge in [-0.1, -0.05) is 13.8 Å². The Labute approximate surface area is 120 Å². The van der Waals surface area contributed by atoms with Crippen LogP contribution >= 0.6 is 0 Å². The minimum absolute atomic E-state index is 0.0406. The molecule has 120 valence electrons. The van der Waals surface area contributed by atoms with Crippen molar-refractivity contribution in [1.82, 2.24) is 5.32 Å². The average Bonchev–Trinajstić information content (AvgIpc) is 2.32. The number of ether oxygens (including phenoxy) is 1. The first-order chi connectivity index (χ1) is 9.63. The number of aliphatic carboxylic acids is 3. The van der Waals surface area contributed by atoms with E-state index in [1.807, 2.05) is 5.32 Å². The van der Waals surface area contributed by atoms with Crippen LogP contribution in [0, 0.1) is 5.92 Å². The number of hydrogen-bond acceptors (Lipinski definition) is 5. The fraction of sp³-hybridized carbons (Fsp3) is 0.667. The third kappa shape index (κ3) is 8.45. The van der Waals surface area contributed by atoms with E-state index in [1.54, 1.807) is 13.8 Å². The van der Waals surface area contributed by atoms with Crippen molar-refractivity contribution in [3.05, 3.63) is 0 Å². The van der Waals surface area contributed by atoms with Crippen molar-refractivity contribution in [2.24, 2.45) is 5.92 Å². The van der Waals surface area contributed by atoms with Crippen LogP contribution in [0.5, 0.6) is 0 Å². The highest BCUT2D eigenvalue weighted by atomic mass is 16.6. The molecule has 0 aliphatic carbocycles. The Kier molecular flexibility index (Phi) is 7.80. The van der Waals surface area contributed by atoms with Gasteiger partial charge in [-0.25, -0.2) is 14.4 Å². The SMILES string of the molecule is CC(C)C[C@@H](OC(=O)N[C@@H](CCC(=O)O)C(=O)O)C(=O)O. The van der Waals surface area contributed by atoms with Crippen LogP contribution in [-0.2, 0) is 19.1 Å². The van der Waals surface area contributed by atoms with E-state index in [2.05, 4.69) is 4.74 Å². The predicted octanol–water partition coefficient (Wildman–Crippen LogP) is 0.530. The van der Waals surface area contributed by atoms with Crippen LogP contribution in [0.2, 0.25) is 0 Å². The molecule has 0 radical (unpaired) electrons. The van der Waals surface area contributed by atoms with Gasteiger partial charge in [0.25, 0.3) is 0 Å². The first-order valence-corrected chi connectivity index (χ1v) is 6.28. The first kappa shape index (κ1) is 18.7. The number of carbonyl (C=O) groups excluding carboxylic acids is 1. The molecule has 0 saturated heterocycles. The Morgan fingerprint density at radius 2 is 1.62 bits per heavy atom. The van der Waals surface area contributed by atoms with Crippen molar-refractivity contribution < 1.29 is 39.2 Å². The summed E-state index contributed by atoms with van der Waals surface area (Å²) in [6.07, 6.45) is -3.30. The smallest absolute Gasteiger partial charge is 0.408 e. The normalized spacial score (nSPS) is 13.3. The summed E-state index contributed by atoms with van der Waals surface area (Å²) in [7, 11) is 0. The minimum atomic E-state index is -1.46. The third-order valence-electron chi connectivity index (χ3n) is 2.45. The van der Waals surface area contributed by atoms with E-state index in [0.717, 1.165) is 0 Å². The number of carboxylic acid groups (broad SMARTS) is 3. The summed E-state index contributed by atoms with van der Waals surface area (Å²) in [4.78, 5) is 43.6. The molecule has 0 heterocycles. The van der Waals surface area contributed by atoms with Gasteiger partial charge in [-0.15, -0.1) is 0 Å². The Morgan fingerprint density at radius 1 is 1.05 bits per heavy atom. The molecule has 0 aliphatic heterocycles. The van der Waals surface area contributed by atoms with Gasteiger partial charge in [-0.3, -0.25) is 4.79 Å². The van der Waals surface area contributed by atoms with Gasteiger partial charge in [0.05, 0.1) is 0 Å². The number of nitrogens with one attached hydrogen (secondary N) is 1. The molecule has 0 aromatic carbocycles. The van der Waals surface area contributed by atoms with Crippen LogP contribution in [0.3, 0.4) is 0 Å². The Bertz CT molecular complexity index is 406. The van der Waals surface area contributed by atoms with Crippen molar-refractivity contribution in [3.8, 4) is 0 Å². The second-order valence-corrected chi connectivity index (χ2v) is 4.83. The maximum atomic E-state index is 11.5. The molecule has 0 unspecified atom stereocenters. The van der Waals surface area contributed by atoms with Crippen LogP contribution in [-0.4, -0.2) is 51.5 Å². The standard InChI is InChI=1S/C12H19NO8/c1-6(2)5-8(11(18)19)21-12(20)13-7(10(16)17)3-4-9(14)15/h6-8H,3-5H2,1-2H3,(H,13,20)(H,14,15)(H,16,17)(H,18,19)/t7-,8+/m0/s1. The lowest BCUT2D eigenvalue weighted by Crippen LogP contribution is -2.43. The number of rotatable bonds is 9. The Morgan fingerprint density at radius 3 is 2.00 bits per heavy atom. The van der Waals surface area contributed by atoms with Crippen LogP contribution < -0.4 is 5.32 Å². The average molecular weight is 305 g/mol. The van der Waals surface area contributed by atoms with E-state index < -0.39 is 42.6 Å². The second-order valence-electron chi connectivity index (χ2n) is 4.83. The van der Waals surface area contributed by atoms with E-state index in [-0.39, 0.29) is 18.8 Å². The van der Waals surface area contributed by atoms with E-state index in [9.17, 15) is 19.2 Å². The predicted molar refractivity (Wildman–Crippen MR) is 68.8 cm³/mol. The van der Waals surface area contributed by atoms with Crippen molar-refractivity contribution in [2.75, 3.05) is 0 Å². The summed E-state index contributed by atoms with van der Waals surface area (Å²) in [6, 6.07) is -1.46. The molecule has 0 saturated carbocycles. The molecule has 9 nitrogen and oxygen atoms in total. The summed E-state index contributed by atoms with van der Waals surface area (Å²) >= 11 is 0. The molecule has 0 rings (SSSR count). The maximum Gasteiger partial charge on any atom is 0.408 e. The van der Waals surface area contributed by atoms with Gasteiger partial charge >= 0.3 is 24.0 Å². The lowest BCUT2D eigenvalue weighted by atomic mass is 10.1. The number of carboxylic acids is 3. The molecule has 0 aliphatic rings. The van der Waals surface area contributed by atoms with Crippen molar-refractivity contribution >= 4 is 24.0 Å². The zero-order chi connectivity index (χ0) is 16.6. The van der Waals surface area contributed by atoms with Gasteiger partial charge in [0.1, 0.15) is 6.04 Å². The van der Waals surface area contributed by atoms with E-state index in [4.69, 9.17) is 15.3 Å². The van der Waals surface area contributed by atoms with Crippen molar-refractivity contribution in [1.29, 1.82) is 0 Å². The van der Waals surface area contributed by atoms with Crippen LogP contribution in [0.1, 0.15) is 33.1 Å². The molecule has 21 heavy (non-hydrogen) atoms. The van der Waals surface area contributed by atoms with Gasteiger partial charge in [-0.05, 0) is 18.8 Å². The molecule has 4 N–H and O–H groups in total. The van der Waals surface area contributed by atoms with Crippen LogP contribution in [0.15, 0.2) is 0 Å². The monoisotopic (exact) mass is 305 g/mol. The highest BCUT2D eigenvalue weighted by Gasteiger charge is 2.27. The van der Waals surface area contributed by atoms with Gasteiger partial charge in [0.15, 0.2) is 0 Å². The highest BCUT2D eigenvalue weighted by Crippen LogP contribution is 2.09. The largest absolute Gasteiger partial charge is 0.481 e. The van der Waals surface area contributed by atoms with E-state index >= 15 is 0 Å². The quantitative estimate of drug-likeness (QED) is 0.481. The topological polar surface area (TPSA) is 150 Å². The number of alkyl carbamates (subject to hydrolysis) is 1. The summed E-state index contributed by atoms with van der Waals surface area (Å²) in [6.45, 7) is 3.48. The van der Waals surface area contributed by atoms with Gasteiger partial charge in [-0.2, -0.15) is 0 Å². The number of carbonyl (C=O) groups is 4. The molecule has 0 aromatic heterocycles. The molecule has 0 bridgehead atoms. The van der Waals surface area contributed by atoms with Gasteiger partial charge < -0.3 is 25.4 Å². The molecule has 2 atom stereocenters. The maximum absolute atomic E-state index is 11.5. The molecular formula is C12H19NO8. The fourth-order valence-electron chi connectivity index (χ4n) is 1.46. The minimum Gasteiger partial charge on any atom is -0.481 e.